The molecule has 0 saturated carbocycles. The Morgan fingerprint density at radius 1 is 1.41 bits per heavy atom. The summed E-state index contributed by atoms with van der Waals surface area (Å²) in [6, 6.07) is 4.28. The minimum atomic E-state index is 0.217. The summed E-state index contributed by atoms with van der Waals surface area (Å²) in [6.45, 7) is 11.0. The number of aryl methyl sites for hydroxylation is 1. The SMILES string of the molecule is Cc1ccc(CN2CCCNC(C)(C)C2)cn1. The average molecular weight is 233 g/mol. The minimum absolute atomic E-state index is 0.217. The highest BCUT2D eigenvalue weighted by atomic mass is 15.2. The molecule has 0 spiro atoms. The predicted molar refractivity (Wildman–Crippen MR) is 70.9 cm³/mol. The number of hydrogen-bond donors (Lipinski definition) is 1. The molecule has 0 radical (unpaired) electrons. The van der Waals surface area contributed by atoms with Gasteiger partial charge in [-0.15, -0.1) is 0 Å². The van der Waals surface area contributed by atoms with Gasteiger partial charge in [-0.25, -0.2) is 0 Å². The number of hydrogen-bond acceptors (Lipinski definition) is 3. The normalized spacial score (nSPS) is 21.1. The van der Waals surface area contributed by atoms with Crippen LogP contribution in [0.2, 0.25) is 0 Å². The average Bonchev–Trinajstić information content (AvgIpc) is 2.43. The van der Waals surface area contributed by atoms with Crippen molar-refractivity contribution in [1.29, 1.82) is 0 Å². The summed E-state index contributed by atoms with van der Waals surface area (Å²) >= 11 is 0. The Morgan fingerprint density at radius 3 is 2.94 bits per heavy atom. The first-order chi connectivity index (χ1) is 8.05. The fraction of sp³-hybridized carbons (Fsp3) is 0.643. The number of rotatable bonds is 2. The minimum Gasteiger partial charge on any atom is -0.310 e. The second-order valence-corrected chi connectivity index (χ2v) is 5.68. The van der Waals surface area contributed by atoms with Crippen LogP contribution in [0, 0.1) is 6.92 Å². The second-order valence-electron chi connectivity index (χ2n) is 5.68. The highest BCUT2D eigenvalue weighted by molar-refractivity contribution is 5.13. The lowest BCUT2D eigenvalue weighted by Gasteiger charge is -2.29. The molecule has 1 aliphatic heterocycles. The van der Waals surface area contributed by atoms with Crippen LogP contribution in [-0.4, -0.2) is 35.1 Å². The number of nitrogens with one attached hydrogen (secondary N) is 1. The molecule has 3 heteroatoms. The standard InChI is InChI=1S/C14H23N3/c1-12-5-6-13(9-15-12)10-17-8-4-7-16-14(2,3)11-17/h5-6,9,16H,4,7-8,10-11H2,1-3H3. The first kappa shape index (κ1) is 12.5. The summed E-state index contributed by atoms with van der Waals surface area (Å²) in [6.07, 6.45) is 3.23. The lowest BCUT2D eigenvalue weighted by Crippen LogP contribution is -2.46. The second kappa shape index (κ2) is 5.15. The van der Waals surface area contributed by atoms with Gasteiger partial charge in [-0.05, 0) is 51.9 Å². The molecule has 2 heterocycles. The van der Waals surface area contributed by atoms with E-state index in [0.29, 0.717) is 0 Å². The van der Waals surface area contributed by atoms with Crippen LogP contribution in [0.25, 0.3) is 0 Å². The first-order valence-corrected chi connectivity index (χ1v) is 6.44. The number of aromatic nitrogens is 1. The van der Waals surface area contributed by atoms with Crippen molar-refractivity contribution in [2.24, 2.45) is 0 Å². The smallest absolute Gasteiger partial charge is 0.0372 e. The molecular formula is C14H23N3. The van der Waals surface area contributed by atoms with E-state index in [4.69, 9.17) is 0 Å². The van der Waals surface area contributed by atoms with Crippen molar-refractivity contribution >= 4 is 0 Å². The molecule has 1 aromatic heterocycles. The third-order valence-electron chi connectivity index (χ3n) is 3.25. The molecule has 94 valence electrons. The van der Waals surface area contributed by atoms with E-state index in [1.54, 1.807) is 0 Å². The maximum Gasteiger partial charge on any atom is 0.0372 e. The molecule has 0 atom stereocenters. The maximum absolute atomic E-state index is 4.36. The molecule has 0 bridgehead atoms. The van der Waals surface area contributed by atoms with E-state index in [-0.39, 0.29) is 5.54 Å². The van der Waals surface area contributed by atoms with Crippen LogP contribution in [0.15, 0.2) is 18.3 Å². The molecular weight excluding hydrogens is 210 g/mol. The van der Waals surface area contributed by atoms with Crippen LogP contribution in [0.4, 0.5) is 0 Å². The van der Waals surface area contributed by atoms with Crippen molar-refractivity contribution in [2.75, 3.05) is 19.6 Å². The van der Waals surface area contributed by atoms with Crippen LogP contribution < -0.4 is 5.32 Å². The van der Waals surface area contributed by atoms with Crippen molar-refractivity contribution < 1.29 is 0 Å². The lowest BCUT2D eigenvalue weighted by molar-refractivity contribution is 0.223. The Bertz CT molecular complexity index is 356. The van der Waals surface area contributed by atoms with E-state index < -0.39 is 0 Å². The van der Waals surface area contributed by atoms with Crippen LogP contribution in [-0.2, 0) is 6.54 Å². The highest BCUT2D eigenvalue weighted by Crippen LogP contribution is 2.13. The van der Waals surface area contributed by atoms with Gasteiger partial charge >= 0.3 is 0 Å². The van der Waals surface area contributed by atoms with Gasteiger partial charge in [0.05, 0.1) is 0 Å². The molecule has 0 aliphatic carbocycles. The summed E-state index contributed by atoms with van der Waals surface area (Å²) in [5.41, 5.74) is 2.62. The molecule has 1 fully saturated rings. The van der Waals surface area contributed by atoms with Gasteiger partial charge in [0.25, 0.3) is 0 Å². The van der Waals surface area contributed by atoms with Crippen LogP contribution in [0.1, 0.15) is 31.5 Å². The largest absolute Gasteiger partial charge is 0.310 e. The van der Waals surface area contributed by atoms with Crippen LogP contribution in [0.3, 0.4) is 0 Å². The zero-order chi connectivity index (χ0) is 12.3. The van der Waals surface area contributed by atoms with Crippen LogP contribution in [0.5, 0.6) is 0 Å². The van der Waals surface area contributed by atoms with Gasteiger partial charge in [0.15, 0.2) is 0 Å². The highest BCUT2D eigenvalue weighted by Gasteiger charge is 2.23. The predicted octanol–water partition coefficient (Wildman–Crippen LogP) is 1.96. The van der Waals surface area contributed by atoms with E-state index >= 15 is 0 Å². The van der Waals surface area contributed by atoms with Gasteiger partial charge in [0.2, 0.25) is 0 Å². The quantitative estimate of drug-likeness (QED) is 0.846. The molecule has 3 nitrogen and oxygen atoms in total. The van der Waals surface area contributed by atoms with Gasteiger partial charge in [-0.2, -0.15) is 0 Å². The van der Waals surface area contributed by atoms with Crippen molar-refractivity contribution in [3.05, 3.63) is 29.6 Å². The van der Waals surface area contributed by atoms with Gasteiger partial charge < -0.3 is 5.32 Å². The molecule has 1 aliphatic rings. The molecule has 2 rings (SSSR count). The molecule has 0 aromatic carbocycles. The first-order valence-electron chi connectivity index (χ1n) is 6.44. The summed E-state index contributed by atoms with van der Waals surface area (Å²) in [5, 5.41) is 3.59. The summed E-state index contributed by atoms with van der Waals surface area (Å²) in [5.74, 6) is 0. The van der Waals surface area contributed by atoms with Gasteiger partial charge in [0.1, 0.15) is 0 Å². The maximum atomic E-state index is 4.36. The van der Waals surface area contributed by atoms with E-state index in [2.05, 4.69) is 41.2 Å². The molecule has 17 heavy (non-hydrogen) atoms. The summed E-state index contributed by atoms with van der Waals surface area (Å²) in [4.78, 5) is 6.88. The third-order valence-corrected chi connectivity index (χ3v) is 3.25. The van der Waals surface area contributed by atoms with E-state index in [1.165, 1.54) is 18.5 Å². The third kappa shape index (κ3) is 3.79. The topological polar surface area (TPSA) is 28.2 Å². The Morgan fingerprint density at radius 2 is 2.24 bits per heavy atom. The zero-order valence-electron chi connectivity index (χ0n) is 11.2. The van der Waals surface area contributed by atoms with E-state index in [9.17, 15) is 0 Å². The zero-order valence-corrected chi connectivity index (χ0v) is 11.2. The van der Waals surface area contributed by atoms with Crippen molar-refractivity contribution in [1.82, 2.24) is 15.2 Å². The van der Waals surface area contributed by atoms with Crippen LogP contribution >= 0.6 is 0 Å². The van der Waals surface area contributed by atoms with Gasteiger partial charge in [-0.1, -0.05) is 6.07 Å². The monoisotopic (exact) mass is 233 g/mol. The van der Waals surface area contributed by atoms with Gasteiger partial charge in [-0.3, -0.25) is 9.88 Å². The summed E-state index contributed by atoms with van der Waals surface area (Å²) < 4.78 is 0. The lowest BCUT2D eigenvalue weighted by atomic mass is 10.1. The van der Waals surface area contributed by atoms with E-state index in [1.807, 2.05) is 13.1 Å². The summed E-state index contributed by atoms with van der Waals surface area (Å²) in [7, 11) is 0. The van der Waals surface area contributed by atoms with Crippen molar-refractivity contribution in [3.63, 3.8) is 0 Å². The molecule has 1 N–H and O–H groups in total. The number of nitrogens with zero attached hydrogens (tertiary/aromatic N) is 2. The fourth-order valence-electron chi connectivity index (χ4n) is 2.41. The molecule has 0 amide bonds. The fourth-order valence-corrected chi connectivity index (χ4v) is 2.41. The Kier molecular flexibility index (Phi) is 3.79. The Hall–Kier alpha value is -0.930. The van der Waals surface area contributed by atoms with Crippen molar-refractivity contribution in [3.8, 4) is 0 Å². The molecule has 1 aromatic rings. The Balaban J connectivity index is 1.99. The molecule has 1 saturated heterocycles. The number of pyridine rings is 1. The Labute approximate surface area is 104 Å². The van der Waals surface area contributed by atoms with Gasteiger partial charge in [0, 0.05) is 30.5 Å². The van der Waals surface area contributed by atoms with E-state index in [0.717, 1.165) is 25.3 Å². The molecule has 0 unspecified atom stereocenters. The van der Waals surface area contributed by atoms with Crippen molar-refractivity contribution in [2.45, 2.75) is 39.3 Å².